The first-order valence-electron chi connectivity index (χ1n) is 2.71. The highest BCUT2D eigenvalue weighted by molar-refractivity contribution is 8.01. The molecular weight excluding hydrogens is 172 g/mol. The number of carbonyl (C=O) groups excluding carboxylic acids is 1. The van der Waals surface area contributed by atoms with E-state index in [0.717, 1.165) is 4.90 Å². The molecule has 0 atom stereocenters. The third-order valence-electron chi connectivity index (χ3n) is 1.15. The molecule has 1 rings (SSSR count). The van der Waals surface area contributed by atoms with Gasteiger partial charge in [-0.15, -0.1) is 0 Å². The highest BCUT2D eigenvalue weighted by Gasteiger charge is 2.28. The summed E-state index contributed by atoms with van der Waals surface area (Å²) in [5, 5.41) is -0.581. The quantitative estimate of drug-likeness (QED) is 0.466. The van der Waals surface area contributed by atoms with Crippen molar-refractivity contribution in [3.8, 4) is 0 Å². The van der Waals surface area contributed by atoms with Crippen LogP contribution >= 0.6 is 0 Å². The minimum absolute atomic E-state index is 0.102. The van der Waals surface area contributed by atoms with Crippen molar-refractivity contribution < 1.29 is 17.8 Å². The Labute approximate surface area is 63.3 Å². The van der Waals surface area contributed by atoms with Gasteiger partial charge in [-0.2, -0.15) is 13.4 Å². The summed E-state index contributed by atoms with van der Waals surface area (Å²) < 4.78 is 29.3. The molecule has 0 unspecified atom stereocenters. The summed E-state index contributed by atoms with van der Waals surface area (Å²) in [6.45, 7) is -0.102. The van der Waals surface area contributed by atoms with Crippen molar-refractivity contribution >= 4 is 21.2 Å². The zero-order valence-electron chi connectivity index (χ0n) is 5.68. The Kier molecular flexibility index (Phi) is 1.69. The fraction of sp³-hybridized carbons (Fsp3) is 0.500. The lowest BCUT2D eigenvalue weighted by Crippen LogP contribution is -2.29. The maximum atomic E-state index is 10.5. The smallest absolute Gasteiger partial charge is 0.328 e. The molecule has 0 aromatic carbocycles. The predicted octanol–water partition coefficient (Wildman–Crippen LogP) is -1.30. The van der Waals surface area contributed by atoms with Crippen molar-refractivity contribution in [3.63, 3.8) is 0 Å². The van der Waals surface area contributed by atoms with Gasteiger partial charge in [0.1, 0.15) is 6.54 Å². The van der Waals surface area contributed by atoms with E-state index in [9.17, 15) is 13.2 Å². The maximum Gasteiger partial charge on any atom is 0.328 e. The highest BCUT2D eigenvalue weighted by Crippen LogP contribution is 2.04. The fourth-order valence-electron chi connectivity index (χ4n) is 0.753. The molecule has 11 heavy (non-hydrogen) atoms. The van der Waals surface area contributed by atoms with Crippen molar-refractivity contribution in [1.29, 1.82) is 0 Å². The monoisotopic (exact) mass is 178 g/mol. The lowest BCUT2D eigenvalue weighted by Gasteiger charge is -2.07. The van der Waals surface area contributed by atoms with Crippen molar-refractivity contribution in [2.75, 3.05) is 13.6 Å². The molecule has 0 aromatic rings. The molecule has 0 saturated carbocycles. The lowest BCUT2D eigenvalue weighted by molar-refractivity contribution is -0.116. The van der Waals surface area contributed by atoms with Crippen LogP contribution in [-0.4, -0.2) is 42.5 Å². The Morgan fingerprint density at radius 3 is 2.36 bits per heavy atom. The van der Waals surface area contributed by atoms with Gasteiger partial charge in [-0.25, -0.2) is 0 Å². The van der Waals surface area contributed by atoms with Crippen LogP contribution in [0.1, 0.15) is 0 Å². The summed E-state index contributed by atoms with van der Waals surface area (Å²) in [5.41, 5.74) is 0. The van der Waals surface area contributed by atoms with Crippen molar-refractivity contribution in [2.24, 2.45) is 4.99 Å². The largest absolute Gasteiger partial charge is 0.339 e. The normalized spacial score (nSPS) is 18.9. The number of amides is 1. The van der Waals surface area contributed by atoms with Crippen molar-refractivity contribution in [2.45, 2.75) is 0 Å². The van der Waals surface area contributed by atoms with Crippen LogP contribution in [0.15, 0.2) is 4.99 Å². The van der Waals surface area contributed by atoms with Gasteiger partial charge in [0.2, 0.25) is 0 Å². The molecular formula is C4H6N2O4S. The minimum Gasteiger partial charge on any atom is -0.339 e. The summed E-state index contributed by atoms with van der Waals surface area (Å²) in [6.07, 6.45) is 0. The summed E-state index contributed by atoms with van der Waals surface area (Å²) in [7, 11) is -2.97. The van der Waals surface area contributed by atoms with E-state index in [1.807, 2.05) is 0 Å². The number of amidine groups is 1. The van der Waals surface area contributed by atoms with Gasteiger partial charge in [-0.05, 0) is 0 Å². The van der Waals surface area contributed by atoms with E-state index in [4.69, 9.17) is 4.55 Å². The van der Waals surface area contributed by atoms with Crippen LogP contribution in [0.4, 0.5) is 0 Å². The average molecular weight is 178 g/mol. The Morgan fingerprint density at radius 1 is 1.64 bits per heavy atom. The molecule has 1 aliphatic heterocycles. The highest BCUT2D eigenvalue weighted by atomic mass is 32.2. The van der Waals surface area contributed by atoms with Crippen LogP contribution in [0.2, 0.25) is 0 Å². The molecule has 62 valence electrons. The molecule has 0 aliphatic carbocycles. The van der Waals surface area contributed by atoms with Gasteiger partial charge in [-0.3, -0.25) is 9.35 Å². The Bertz CT molecular complexity index is 317. The van der Waals surface area contributed by atoms with Crippen LogP contribution in [0.3, 0.4) is 0 Å². The van der Waals surface area contributed by atoms with Gasteiger partial charge in [-0.1, -0.05) is 0 Å². The van der Waals surface area contributed by atoms with Crippen LogP contribution in [0, 0.1) is 0 Å². The van der Waals surface area contributed by atoms with Crippen molar-refractivity contribution in [3.05, 3.63) is 0 Å². The van der Waals surface area contributed by atoms with E-state index in [-0.39, 0.29) is 6.54 Å². The average Bonchev–Trinajstić information content (AvgIpc) is 2.08. The standard InChI is InChI=1S/C4H6N2O4S/c1-6-2-3(7)5-4(6)11(8,9)10/h2H2,1H3,(H,8,9,10). The predicted molar refractivity (Wildman–Crippen MR) is 36.6 cm³/mol. The second-order valence-electron chi connectivity index (χ2n) is 2.12. The van der Waals surface area contributed by atoms with E-state index in [0.29, 0.717) is 0 Å². The van der Waals surface area contributed by atoms with Gasteiger partial charge in [0.15, 0.2) is 0 Å². The van der Waals surface area contributed by atoms with Crippen LogP contribution in [0.5, 0.6) is 0 Å². The molecule has 1 N–H and O–H groups in total. The minimum atomic E-state index is -4.33. The Hall–Kier alpha value is -0.950. The molecule has 1 amide bonds. The number of rotatable bonds is 0. The fourth-order valence-corrected chi connectivity index (χ4v) is 1.43. The van der Waals surface area contributed by atoms with Gasteiger partial charge < -0.3 is 4.90 Å². The van der Waals surface area contributed by atoms with Gasteiger partial charge in [0, 0.05) is 7.05 Å². The van der Waals surface area contributed by atoms with E-state index in [2.05, 4.69) is 4.99 Å². The molecule has 6 nitrogen and oxygen atoms in total. The van der Waals surface area contributed by atoms with Crippen molar-refractivity contribution in [1.82, 2.24) is 4.90 Å². The molecule has 0 radical (unpaired) electrons. The third-order valence-corrected chi connectivity index (χ3v) is 2.01. The second-order valence-corrected chi connectivity index (χ2v) is 3.43. The number of aliphatic imine (C=N–C) groups is 1. The van der Waals surface area contributed by atoms with E-state index >= 15 is 0 Å². The summed E-state index contributed by atoms with van der Waals surface area (Å²) >= 11 is 0. The molecule has 1 aliphatic rings. The summed E-state index contributed by atoms with van der Waals surface area (Å²) in [6, 6.07) is 0. The molecule has 0 saturated heterocycles. The molecule has 0 fully saturated rings. The Balaban J connectivity index is 3.08. The van der Waals surface area contributed by atoms with Gasteiger partial charge >= 0.3 is 10.1 Å². The Morgan fingerprint density at radius 2 is 2.18 bits per heavy atom. The zero-order valence-corrected chi connectivity index (χ0v) is 6.50. The molecule has 0 bridgehead atoms. The third kappa shape index (κ3) is 1.55. The summed E-state index contributed by atoms with van der Waals surface area (Å²) in [4.78, 5) is 14.7. The number of hydrogen-bond donors (Lipinski definition) is 1. The lowest BCUT2D eigenvalue weighted by atomic mass is 10.6. The topological polar surface area (TPSA) is 87.0 Å². The molecule has 0 spiro atoms. The van der Waals surface area contributed by atoms with E-state index in [1.165, 1.54) is 7.05 Å². The first kappa shape index (κ1) is 8.15. The zero-order chi connectivity index (χ0) is 8.65. The van der Waals surface area contributed by atoms with E-state index < -0.39 is 21.2 Å². The first-order chi connectivity index (χ1) is 4.91. The first-order valence-corrected chi connectivity index (χ1v) is 4.15. The number of nitrogens with zero attached hydrogens (tertiary/aromatic N) is 2. The summed E-state index contributed by atoms with van der Waals surface area (Å²) in [5.74, 6) is -0.569. The molecule has 7 heteroatoms. The SMILES string of the molecule is CN1CC(=O)N=C1S(=O)(=O)O. The van der Waals surface area contributed by atoms with Crippen LogP contribution in [-0.2, 0) is 14.9 Å². The second kappa shape index (κ2) is 2.28. The van der Waals surface area contributed by atoms with Crippen LogP contribution in [0.25, 0.3) is 0 Å². The maximum absolute atomic E-state index is 10.5. The van der Waals surface area contributed by atoms with Crippen LogP contribution < -0.4 is 0 Å². The van der Waals surface area contributed by atoms with E-state index in [1.54, 1.807) is 0 Å². The number of likely N-dealkylation sites (N-methyl/N-ethyl adjacent to an activating group) is 1. The number of hydrogen-bond acceptors (Lipinski definition) is 4. The molecule has 0 aromatic heterocycles. The number of carbonyl (C=O) groups is 1. The molecule has 1 heterocycles. The van der Waals surface area contributed by atoms with Gasteiger partial charge in [0.05, 0.1) is 0 Å². The van der Waals surface area contributed by atoms with Gasteiger partial charge in [0.25, 0.3) is 11.1 Å².